The minimum atomic E-state index is -0.0685. The smallest absolute Gasteiger partial charge is 0.305 e. The molecule has 0 fully saturated rings. The predicted octanol–water partition coefficient (Wildman–Crippen LogP) is 7.22. The largest absolute Gasteiger partial charge is 0.469 e. The minimum Gasteiger partial charge on any atom is -0.469 e. The summed E-state index contributed by atoms with van der Waals surface area (Å²) in [5, 5.41) is 0. The topological polar surface area (TPSA) is 26.3 Å². The van der Waals surface area contributed by atoms with Gasteiger partial charge in [0, 0.05) is 6.42 Å². The predicted molar refractivity (Wildman–Crippen MR) is 105 cm³/mol. The second-order valence-corrected chi connectivity index (χ2v) is 7.22. The lowest BCUT2D eigenvalue weighted by Gasteiger charge is -2.03. The van der Waals surface area contributed by atoms with Crippen LogP contribution in [0, 0.1) is 5.92 Å². The van der Waals surface area contributed by atoms with E-state index in [-0.39, 0.29) is 5.97 Å². The summed E-state index contributed by atoms with van der Waals surface area (Å²) < 4.78 is 4.64. The van der Waals surface area contributed by atoms with Crippen LogP contribution in [-0.2, 0) is 9.53 Å². The summed E-state index contributed by atoms with van der Waals surface area (Å²) in [5.74, 6) is 0.773. The molecule has 0 spiro atoms. The van der Waals surface area contributed by atoms with Gasteiger partial charge in [0.25, 0.3) is 0 Å². The summed E-state index contributed by atoms with van der Waals surface area (Å²) >= 11 is 0. The van der Waals surface area contributed by atoms with Crippen LogP contribution >= 0.6 is 0 Å². The maximum atomic E-state index is 11.0. The van der Waals surface area contributed by atoms with Crippen molar-refractivity contribution in [3.63, 3.8) is 0 Å². The molecule has 0 aromatic heterocycles. The molecule has 0 aliphatic rings. The normalized spacial score (nSPS) is 12.6. The zero-order valence-corrected chi connectivity index (χ0v) is 16.7. The molecule has 0 rings (SSSR count). The van der Waals surface area contributed by atoms with Gasteiger partial charge in [0.2, 0.25) is 0 Å². The maximum Gasteiger partial charge on any atom is 0.305 e. The molecule has 0 amide bonds. The van der Waals surface area contributed by atoms with Crippen LogP contribution in [-0.4, -0.2) is 13.1 Å². The van der Waals surface area contributed by atoms with E-state index in [1.54, 1.807) is 0 Å². The summed E-state index contributed by atoms with van der Waals surface area (Å²) in [6.07, 6.45) is 23.6. The van der Waals surface area contributed by atoms with Gasteiger partial charge in [-0.05, 0) is 31.6 Å². The van der Waals surface area contributed by atoms with Gasteiger partial charge in [0.1, 0.15) is 0 Å². The van der Waals surface area contributed by atoms with Crippen LogP contribution in [0.25, 0.3) is 0 Å². The Kier molecular flexibility index (Phi) is 17.9. The number of hydrogen-bond donors (Lipinski definition) is 0. The Morgan fingerprint density at radius 3 is 1.83 bits per heavy atom. The van der Waals surface area contributed by atoms with Crippen LogP contribution < -0.4 is 0 Å². The SMILES string of the molecule is CC[C@H](C)C/C=C\CCCCCCCCCCCCCC(=O)OC. The van der Waals surface area contributed by atoms with E-state index in [0.29, 0.717) is 6.42 Å². The third kappa shape index (κ3) is 17.6. The molecule has 0 aromatic rings. The highest BCUT2D eigenvalue weighted by Gasteiger charge is 1.99. The highest BCUT2D eigenvalue weighted by atomic mass is 16.5. The van der Waals surface area contributed by atoms with Gasteiger partial charge >= 0.3 is 5.97 Å². The van der Waals surface area contributed by atoms with Gasteiger partial charge in [0.15, 0.2) is 0 Å². The van der Waals surface area contributed by atoms with Gasteiger partial charge in [0.05, 0.1) is 7.11 Å². The third-order valence-corrected chi connectivity index (χ3v) is 4.88. The number of methoxy groups -OCH3 is 1. The Hall–Kier alpha value is -0.790. The van der Waals surface area contributed by atoms with E-state index in [4.69, 9.17) is 0 Å². The summed E-state index contributed by atoms with van der Waals surface area (Å²) in [4.78, 5) is 11.0. The second kappa shape index (κ2) is 18.5. The van der Waals surface area contributed by atoms with Gasteiger partial charge in [-0.15, -0.1) is 0 Å². The number of rotatable bonds is 17. The monoisotopic (exact) mass is 338 g/mol. The van der Waals surface area contributed by atoms with E-state index in [2.05, 4.69) is 30.7 Å². The first-order chi connectivity index (χ1) is 11.7. The number of carbonyl (C=O) groups is 1. The Labute approximate surface area is 151 Å². The number of ether oxygens (including phenoxy) is 1. The zero-order valence-electron chi connectivity index (χ0n) is 16.7. The highest BCUT2D eigenvalue weighted by Crippen LogP contribution is 2.13. The van der Waals surface area contributed by atoms with Crippen molar-refractivity contribution in [1.82, 2.24) is 0 Å². The molecule has 24 heavy (non-hydrogen) atoms. The van der Waals surface area contributed by atoms with Crippen molar-refractivity contribution < 1.29 is 9.53 Å². The fourth-order valence-corrected chi connectivity index (χ4v) is 2.84. The van der Waals surface area contributed by atoms with Crippen molar-refractivity contribution in [2.45, 2.75) is 110 Å². The van der Waals surface area contributed by atoms with E-state index < -0.39 is 0 Å². The molecule has 0 aliphatic heterocycles. The minimum absolute atomic E-state index is 0.0685. The van der Waals surface area contributed by atoms with Crippen molar-refractivity contribution >= 4 is 5.97 Å². The van der Waals surface area contributed by atoms with Crippen molar-refractivity contribution in [3.8, 4) is 0 Å². The van der Waals surface area contributed by atoms with Gasteiger partial charge in [-0.2, -0.15) is 0 Å². The number of carbonyl (C=O) groups excluding carboxylic acids is 1. The molecule has 0 aliphatic carbocycles. The lowest BCUT2D eigenvalue weighted by molar-refractivity contribution is -0.140. The average Bonchev–Trinajstić information content (AvgIpc) is 2.60. The number of esters is 1. The quantitative estimate of drug-likeness (QED) is 0.159. The summed E-state index contributed by atoms with van der Waals surface area (Å²) in [6, 6.07) is 0. The van der Waals surface area contributed by atoms with Crippen LogP contribution in [0.5, 0.6) is 0 Å². The molecular formula is C22H42O2. The number of hydrogen-bond acceptors (Lipinski definition) is 2. The highest BCUT2D eigenvalue weighted by molar-refractivity contribution is 5.68. The Morgan fingerprint density at radius 2 is 1.33 bits per heavy atom. The van der Waals surface area contributed by atoms with Crippen LogP contribution in [0.3, 0.4) is 0 Å². The molecule has 0 bridgehead atoms. The molecule has 0 saturated heterocycles. The Balaban J connectivity index is 3.11. The van der Waals surface area contributed by atoms with Crippen LogP contribution in [0.2, 0.25) is 0 Å². The van der Waals surface area contributed by atoms with Gasteiger partial charge in [-0.1, -0.05) is 90.2 Å². The van der Waals surface area contributed by atoms with Crippen LogP contribution in [0.4, 0.5) is 0 Å². The first-order valence-electron chi connectivity index (χ1n) is 10.4. The van der Waals surface area contributed by atoms with E-state index in [9.17, 15) is 4.79 Å². The number of unbranched alkanes of at least 4 members (excludes halogenated alkanes) is 11. The van der Waals surface area contributed by atoms with E-state index in [0.717, 1.165) is 12.3 Å². The van der Waals surface area contributed by atoms with Crippen molar-refractivity contribution in [1.29, 1.82) is 0 Å². The second-order valence-electron chi connectivity index (χ2n) is 7.22. The number of allylic oxidation sites excluding steroid dienone is 2. The Bertz CT molecular complexity index is 296. The van der Waals surface area contributed by atoms with Crippen LogP contribution in [0.1, 0.15) is 110 Å². The lowest BCUT2D eigenvalue weighted by atomic mass is 10.0. The average molecular weight is 339 g/mol. The molecule has 0 unspecified atom stereocenters. The molecule has 0 saturated carbocycles. The third-order valence-electron chi connectivity index (χ3n) is 4.88. The molecule has 0 radical (unpaired) electrons. The van der Waals surface area contributed by atoms with Gasteiger partial charge in [-0.25, -0.2) is 0 Å². The molecule has 2 heteroatoms. The van der Waals surface area contributed by atoms with Crippen molar-refractivity contribution in [3.05, 3.63) is 12.2 Å². The lowest BCUT2D eigenvalue weighted by Crippen LogP contribution is -1.99. The van der Waals surface area contributed by atoms with E-state index in [1.165, 1.54) is 90.6 Å². The van der Waals surface area contributed by atoms with E-state index >= 15 is 0 Å². The maximum absolute atomic E-state index is 11.0. The van der Waals surface area contributed by atoms with Gasteiger partial charge < -0.3 is 4.74 Å². The molecule has 2 nitrogen and oxygen atoms in total. The van der Waals surface area contributed by atoms with Crippen molar-refractivity contribution in [2.75, 3.05) is 7.11 Å². The summed E-state index contributed by atoms with van der Waals surface area (Å²) in [6.45, 7) is 4.59. The molecule has 142 valence electrons. The Morgan fingerprint density at radius 1 is 0.833 bits per heavy atom. The molecule has 0 aromatic carbocycles. The van der Waals surface area contributed by atoms with Crippen molar-refractivity contribution in [2.24, 2.45) is 5.92 Å². The van der Waals surface area contributed by atoms with Gasteiger partial charge in [-0.3, -0.25) is 4.79 Å². The summed E-state index contributed by atoms with van der Waals surface area (Å²) in [5.41, 5.74) is 0. The first-order valence-corrected chi connectivity index (χ1v) is 10.4. The fraction of sp³-hybridized carbons (Fsp3) is 0.864. The zero-order chi connectivity index (χ0) is 17.9. The fourth-order valence-electron chi connectivity index (χ4n) is 2.84. The molecular weight excluding hydrogens is 296 g/mol. The van der Waals surface area contributed by atoms with Crippen LogP contribution in [0.15, 0.2) is 12.2 Å². The van der Waals surface area contributed by atoms with E-state index in [1.807, 2.05) is 0 Å². The molecule has 1 atom stereocenters. The molecule has 0 heterocycles. The first kappa shape index (κ1) is 23.2. The standard InChI is InChI=1S/C22H42O2/c1-4-21(2)19-17-15-13-11-9-7-5-6-8-10-12-14-16-18-20-22(23)24-3/h15,17,21H,4-14,16,18-20H2,1-3H3/b17-15-/t21-/m0/s1. The summed E-state index contributed by atoms with van der Waals surface area (Å²) in [7, 11) is 1.47. The molecule has 0 N–H and O–H groups in total.